The van der Waals surface area contributed by atoms with Gasteiger partial charge in [-0.25, -0.2) is 0 Å². The van der Waals surface area contributed by atoms with E-state index in [4.69, 9.17) is 4.74 Å². The highest BCUT2D eigenvalue weighted by Crippen LogP contribution is 2.30. The zero-order valence-corrected chi connectivity index (χ0v) is 14.5. The molecule has 1 rings (SSSR count). The topological polar surface area (TPSA) is 45.0 Å². The summed E-state index contributed by atoms with van der Waals surface area (Å²) in [7, 11) is 0. The quantitative estimate of drug-likeness (QED) is 0.646. The lowest BCUT2D eigenvalue weighted by atomic mass is 9.82. The molecule has 1 fully saturated rings. The smallest absolute Gasteiger partial charge is 0.106 e. The Morgan fingerprint density at radius 2 is 1.86 bits per heavy atom. The summed E-state index contributed by atoms with van der Waals surface area (Å²) in [5.41, 5.74) is -0.355. The molecule has 0 radical (unpaired) electrons. The standard InChI is InChI=1S/C18H34N2O/c1-5-9-20-18(6-2,14-19)8-7-10-21-17-12-15(3)11-16(4)13-17/h15-17,20H,5-13H2,1-4H3. The first-order valence-electron chi connectivity index (χ1n) is 8.83. The highest BCUT2D eigenvalue weighted by atomic mass is 16.5. The molecule has 0 saturated heterocycles. The zero-order valence-electron chi connectivity index (χ0n) is 14.5. The molecule has 0 spiro atoms. The summed E-state index contributed by atoms with van der Waals surface area (Å²) in [6.45, 7) is 10.6. The van der Waals surface area contributed by atoms with Gasteiger partial charge in [0.2, 0.25) is 0 Å². The van der Waals surface area contributed by atoms with Crippen LogP contribution in [0, 0.1) is 23.2 Å². The van der Waals surface area contributed by atoms with E-state index in [9.17, 15) is 5.26 Å². The van der Waals surface area contributed by atoms with E-state index in [0.29, 0.717) is 6.10 Å². The van der Waals surface area contributed by atoms with Crippen molar-refractivity contribution in [1.82, 2.24) is 5.32 Å². The van der Waals surface area contributed by atoms with Gasteiger partial charge in [0.25, 0.3) is 0 Å². The van der Waals surface area contributed by atoms with Gasteiger partial charge in [-0.05, 0) is 63.3 Å². The Balaban J connectivity index is 2.29. The molecule has 0 aromatic heterocycles. The summed E-state index contributed by atoms with van der Waals surface area (Å²) < 4.78 is 6.08. The minimum Gasteiger partial charge on any atom is -0.378 e. The maximum absolute atomic E-state index is 9.47. The lowest BCUT2D eigenvalue weighted by Crippen LogP contribution is -2.44. The highest BCUT2D eigenvalue weighted by molar-refractivity contribution is 5.06. The third-order valence-corrected chi connectivity index (χ3v) is 4.77. The number of nitriles is 1. The normalized spacial score (nSPS) is 28.8. The minimum absolute atomic E-state index is 0.355. The minimum atomic E-state index is -0.355. The predicted molar refractivity (Wildman–Crippen MR) is 88.1 cm³/mol. The molecule has 0 heterocycles. The molecule has 3 nitrogen and oxygen atoms in total. The molecular formula is C18H34N2O. The van der Waals surface area contributed by atoms with Crippen molar-refractivity contribution < 1.29 is 4.74 Å². The van der Waals surface area contributed by atoms with Gasteiger partial charge in [-0.3, -0.25) is 5.32 Å². The Morgan fingerprint density at radius 1 is 1.19 bits per heavy atom. The molecule has 21 heavy (non-hydrogen) atoms. The molecule has 1 aliphatic carbocycles. The van der Waals surface area contributed by atoms with E-state index in [0.717, 1.165) is 50.7 Å². The summed E-state index contributed by atoms with van der Waals surface area (Å²) >= 11 is 0. The Bertz CT molecular complexity index is 316. The van der Waals surface area contributed by atoms with Crippen LogP contribution in [0.1, 0.15) is 72.6 Å². The van der Waals surface area contributed by atoms with Crippen LogP contribution in [0.5, 0.6) is 0 Å². The van der Waals surface area contributed by atoms with Crippen molar-refractivity contribution in [2.75, 3.05) is 13.2 Å². The van der Waals surface area contributed by atoms with E-state index < -0.39 is 0 Å². The second kappa shape index (κ2) is 9.43. The van der Waals surface area contributed by atoms with Crippen LogP contribution >= 0.6 is 0 Å². The Labute approximate surface area is 131 Å². The molecule has 0 aliphatic heterocycles. The monoisotopic (exact) mass is 294 g/mol. The van der Waals surface area contributed by atoms with E-state index in [2.05, 4.69) is 39.1 Å². The molecule has 0 bridgehead atoms. The summed E-state index contributed by atoms with van der Waals surface area (Å²) in [5.74, 6) is 1.58. The average Bonchev–Trinajstić information content (AvgIpc) is 2.46. The molecule has 1 saturated carbocycles. The molecule has 0 amide bonds. The van der Waals surface area contributed by atoms with Crippen LogP contribution in [0.25, 0.3) is 0 Å². The van der Waals surface area contributed by atoms with Gasteiger partial charge in [0, 0.05) is 6.61 Å². The van der Waals surface area contributed by atoms with Crippen LogP contribution in [0.4, 0.5) is 0 Å². The molecule has 0 aromatic rings. The van der Waals surface area contributed by atoms with Gasteiger partial charge in [0.15, 0.2) is 0 Å². The number of ether oxygens (including phenoxy) is 1. The first kappa shape index (κ1) is 18.5. The maximum atomic E-state index is 9.47. The largest absolute Gasteiger partial charge is 0.378 e. The van der Waals surface area contributed by atoms with Crippen molar-refractivity contribution in [3.63, 3.8) is 0 Å². The number of nitrogens with zero attached hydrogens (tertiary/aromatic N) is 1. The van der Waals surface area contributed by atoms with Gasteiger partial charge in [-0.15, -0.1) is 0 Å². The van der Waals surface area contributed by atoms with Gasteiger partial charge < -0.3 is 4.74 Å². The van der Waals surface area contributed by atoms with E-state index in [1.165, 1.54) is 19.3 Å². The molecule has 122 valence electrons. The third-order valence-electron chi connectivity index (χ3n) is 4.77. The number of rotatable bonds is 9. The lowest BCUT2D eigenvalue weighted by Gasteiger charge is -2.32. The SMILES string of the molecule is CCCNC(C#N)(CC)CCCOC1CC(C)CC(C)C1. The molecule has 3 heteroatoms. The number of hydrogen-bond acceptors (Lipinski definition) is 3. The fraction of sp³-hybridized carbons (Fsp3) is 0.944. The fourth-order valence-corrected chi connectivity index (χ4v) is 3.56. The van der Waals surface area contributed by atoms with Crippen molar-refractivity contribution in [3.8, 4) is 6.07 Å². The Morgan fingerprint density at radius 3 is 2.38 bits per heavy atom. The third kappa shape index (κ3) is 6.36. The van der Waals surface area contributed by atoms with Crippen molar-refractivity contribution >= 4 is 0 Å². The van der Waals surface area contributed by atoms with Crippen molar-refractivity contribution in [3.05, 3.63) is 0 Å². The second-order valence-electron chi connectivity index (χ2n) is 6.99. The van der Waals surface area contributed by atoms with Gasteiger partial charge in [0.05, 0.1) is 12.2 Å². The van der Waals surface area contributed by atoms with Crippen molar-refractivity contribution in [2.24, 2.45) is 11.8 Å². The molecule has 3 atom stereocenters. The average molecular weight is 294 g/mol. The van der Waals surface area contributed by atoms with Crippen molar-refractivity contribution in [2.45, 2.75) is 84.3 Å². The zero-order chi connectivity index (χ0) is 15.7. The van der Waals surface area contributed by atoms with E-state index in [-0.39, 0.29) is 5.54 Å². The van der Waals surface area contributed by atoms with E-state index in [1.807, 2.05) is 0 Å². The van der Waals surface area contributed by atoms with Gasteiger partial charge in [-0.1, -0.05) is 27.7 Å². The number of nitrogens with one attached hydrogen (secondary N) is 1. The predicted octanol–water partition coefficient (Wildman–Crippen LogP) is 4.28. The molecule has 0 aromatic carbocycles. The van der Waals surface area contributed by atoms with Crippen LogP contribution in [-0.4, -0.2) is 24.8 Å². The maximum Gasteiger partial charge on any atom is 0.106 e. The van der Waals surface area contributed by atoms with Gasteiger partial charge >= 0.3 is 0 Å². The van der Waals surface area contributed by atoms with Crippen molar-refractivity contribution in [1.29, 1.82) is 5.26 Å². The summed E-state index contributed by atoms with van der Waals surface area (Å²) in [6.07, 6.45) is 7.97. The lowest BCUT2D eigenvalue weighted by molar-refractivity contribution is -0.00195. The van der Waals surface area contributed by atoms with Crippen LogP contribution in [0.15, 0.2) is 0 Å². The van der Waals surface area contributed by atoms with Crippen LogP contribution in [0.2, 0.25) is 0 Å². The van der Waals surface area contributed by atoms with Gasteiger partial charge in [0.1, 0.15) is 5.54 Å². The first-order chi connectivity index (χ1) is 10.0. The summed E-state index contributed by atoms with van der Waals surface area (Å²) in [4.78, 5) is 0. The fourth-order valence-electron chi connectivity index (χ4n) is 3.56. The van der Waals surface area contributed by atoms with Gasteiger partial charge in [-0.2, -0.15) is 5.26 Å². The van der Waals surface area contributed by atoms with Crippen LogP contribution in [-0.2, 0) is 4.74 Å². The first-order valence-corrected chi connectivity index (χ1v) is 8.83. The molecule has 1 aliphatic rings. The molecule has 1 N–H and O–H groups in total. The Kier molecular flexibility index (Phi) is 8.29. The Hall–Kier alpha value is -0.590. The van der Waals surface area contributed by atoms with E-state index in [1.54, 1.807) is 0 Å². The highest BCUT2D eigenvalue weighted by Gasteiger charge is 2.27. The van der Waals surface area contributed by atoms with E-state index >= 15 is 0 Å². The molecular weight excluding hydrogens is 260 g/mol. The van der Waals surface area contributed by atoms with Crippen LogP contribution < -0.4 is 5.32 Å². The summed E-state index contributed by atoms with van der Waals surface area (Å²) in [6, 6.07) is 2.49. The molecule has 3 unspecified atom stereocenters. The number of hydrogen-bond donors (Lipinski definition) is 1. The summed E-state index contributed by atoms with van der Waals surface area (Å²) in [5, 5.41) is 12.9. The second-order valence-corrected chi connectivity index (χ2v) is 6.99. The van der Waals surface area contributed by atoms with Crippen LogP contribution in [0.3, 0.4) is 0 Å².